The highest BCUT2D eigenvalue weighted by Crippen LogP contribution is 2.05. The van der Waals surface area contributed by atoms with Crippen LogP contribution in [0.15, 0.2) is 12.3 Å². The van der Waals surface area contributed by atoms with E-state index in [1.165, 1.54) is 0 Å². The smallest absolute Gasteiger partial charge is 0.237 e. The summed E-state index contributed by atoms with van der Waals surface area (Å²) in [5, 5.41) is 10.1. The van der Waals surface area contributed by atoms with Crippen LogP contribution in [0.4, 0.5) is 0 Å². The molecule has 2 N–H and O–H groups in total. The molecule has 0 unspecified atom stereocenters. The molecule has 2 rings (SSSR count). The van der Waals surface area contributed by atoms with Crippen molar-refractivity contribution in [2.24, 2.45) is 7.05 Å². The number of nitrogens with one attached hydrogen (secondary N) is 2. The van der Waals surface area contributed by atoms with Gasteiger partial charge in [0.1, 0.15) is 0 Å². The van der Waals surface area contributed by atoms with Crippen LogP contribution in [0.1, 0.15) is 18.5 Å². The van der Waals surface area contributed by atoms with Crippen molar-refractivity contribution in [3.63, 3.8) is 0 Å². The minimum absolute atomic E-state index is 0.00164. The summed E-state index contributed by atoms with van der Waals surface area (Å²) < 4.78 is 1.77. The van der Waals surface area contributed by atoms with Crippen molar-refractivity contribution in [1.82, 2.24) is 20.4 Å². The van der Waals surface area contributed by atoms with Crippen molar-refractivity contribution in [3.8, 4) is 0 Å². The molecular weight excluding hydrogens is 192 g/mol. The summed E-state index contributed by atoms with van der Waals surface area (Å²) in [6, 6.07) is 1.90. The maximum Gasteiger partial charge on any atom is 0.237 e. The average molecular weight is 208 g/mol. The Morgan fingerprint density at radius 3 is 3.27 bits per heavy atom. The van der Waals surface area contributed by atoms with Gasteiger partial charge in [-0.2, -0.15) is 5.10 Å². The lowest BCUT2D eigenvalue weighted by Crippen LogP contribution is -2.40. The number of aryl methyl sites for hydroxylation is 1. The van der Waals surface area contributed by atoms with Crippen molar-refractivity contribution in [3.05, 3.63) is 18.0 Å². The van der Waals surface area contributed by atoms with Gasteiger partial charge in [-0.05, 0) is 25.5 Å². The van der Waals surface area contributed by atoms with Crippen LogP contribution >= 0.6 is 0 Å². The molecule has 1 atom stereocenters. The van der Waals surface area contributed by atoms with Crippen molar-refractivity contribution in [2.45, 2.75) is 25.4 Å². The minimum Gasteiger partial charge on any atom is -0.349 e. The van der Waals surface area contributed by atoms with E-state index < -0.39 is 0 Å². The second-order valence-electron chi connectivity index (χ2n) is 3.81. The quantitative estimate of drug-likeness (QED) is 0.722. The van der Waals surface area contributed by atoms with E-state index in [0.29, 0.717) is 6.54 Å². The van der Waals surface area contributed by atoms with Crippen molar-refractivity contribution in [1.29, 1.82) is 0 Å². The van der Waals surface area contributed by atoms with E-state index in [1.807, 2.05) is 13.1 Å². The second kappa shape index (κ2) is 4.44. The summed E-state index contributed by atoms with van der Waals surface area (Å²) in [6.07, 6.45) is 3.76. The molecule has 0 aromatic carbocycles. The third kappa shape index (κ3) is 2.36. The van der Waals surface area contributed by atoms with Crippen LogP contribution in [0.3, 0.4) is 0 Å². The highest BCUT2D eigenvalue weighted by Gasteiger charge is 2.21. The second-order valence-corrected chi connectivity index (χ2v) is 3.81. The molecule has 0 spiro atoms. The Balaban J connectivity index is 1.83. The largest absolute Gasteiger partial charge is 0.349 e. The third-order valence-corrected chi connectivity index (χ3v) is 2.74. The molecule has 0 radical (unpaired) electrons. The maximum atomic E-state index is 11.6. The summed E-state index contributed by atoms with van der Waals surface area (Å²) in [5.41, 5.74) is 1.02. The van der Waals surface area contributed by atoms with Crippen LogP contribution in [-0.2, 0) is 18.4 Å². The van der Waals surface area contributed by atoms with Gasteiger partial charge >= 0.3 is 0 Å². The minimum atomic E-state index is -0.00164. The normalized spacial score (nSPS) is 20.5. The summed E-state index contributed by atoms with van der Waals surface area (Å²) in [5.74, 6) is 0.0914. The molecule has 5 heteroatoms. The highest BCUT2D eigenvalue weighted by atomic mass is 16.2. The molecule has 0 bridgehead atoms. The van der Waals surface area contributed by atoms with Crippen molar-refractivity contribution in [2.75, 3.05) is 6.54 Å². The van der Waals surface area contributed by atoms with Crippen molar-refractivity contribution < 1.29 is 4.79 Å². The van der Waals surface area contributed by atoms with Gasteiger partial charge in [0.05, 0.1) is 18.3 Å². The van der Waals surface area contributed by atoms with E-state index in [-0.39, 0.29) is 11.9 Å². The van der Waals surface area contributed by atoms with Crippen LogP contribution in [0, 0.1) is 0 Å². The molecule has 1 amide bonds. The monoisotopic (exact) mass is 208 g/mol. The first-order chi connectivity index (χ1) is 7.27. The molecule has 1 fully saturated rings. The van der Waals surface area contributed by atoms with Gasteiger partial charge in [-0.15, -0.1) is 0 Å². The fourth-order valence-corrected chi connectivity index (χ4v) is 1.78. The third-order valence-electron chi connectivity index (χ3n) is 2.74. The zero-order valence-corrected chi connectivity index (χ0v) is 8.86. The first-order valence-electron chi connectivity index (χ1n) is 5.25. The first kappa shape index (κ1) is 10.2. The Labute approximate surface area is 88.8 Å². The Morgan fingerprint density at radius 1 is 1.80 bits per heavy atom. The van der Waals surface area contributed by atoms with Crippen LogP contribution in [0.2, 0.25) is 0 Å². The number of aromatic nitrogens is 2. The molecule has 1 aromatic heterocycles. The van der Waals surface area contributed by atoms with Gasteiger partial charge in [-0.3, -0.25) is 9.48 Å². The van der Waals surface area contributed by atoms with Gasteiger partial charge < -0.3 is 10.6 Å². The Hall–Kier alpha value is -1.36. The van der Waals surface area contributed by atoms with E-state index in [2.05, 4.69) is 15.7 Å². The summed E-state index contributed by atoms with van der Waals surface area (Å²) in [6.45, 7) is 1.50. The predicted octanol–water partition coefficient (Wildman–Crippen LogP) is -0.212. The standard InChI is InChI=1S/C10H16N4O/c1-14-8(4-6-13-14)7-12-10(15)9-3-2-5-11-9/h4,6,9,11H,2-3,5,7H2,1H3,(H,12,15)/t9-/m0/s1. The van der Waals surface area contributed by atoms with E-state index in [0.717, 1.165) is 25.1 Å². The Morgan fingerprint density at radius 2 is 2.67 bits per heavy atom. The molecule has 82 valence electrons. The Bertz CT molecular complexity index is 341. The predicted molar refractivity (Wildman–Crippen MR) is 56.1 cm³/mol. The van der Waals surface area contributed by atoms with Gasteiger partial charge in [0.25, 0.3) is 0 Å². The Kier molecular flexibility index (Phi) is 3.01. The lowest BCUT2D eigenvalue weighted by Gasteiger charge is -2.10. The van der Waals surface area contributed by atoms with Crippen LogP contribution in [0.25, 0.3) is 0 Å². The molecule has 0 saturated carbocycles. The van der Waals surface area contributed by atoms with Crippen LogP contribution in [-0.4, -0.2) is 28.3 Å². The number of amides is 1. The molecule has 5 nitrogen and oxygen atoms in total. The molecule has 1 aliphatic heterocycles. The summed E-state index contributed by atoms with van der Waals surface area (Å²) in [7, 11) is 1.87. The van der Waals surface area contributed by atoms with E-state index >= 15 is 0 Å². The topological polar surface area (TPSA) is 59.0 Å². The molecule has 1 aromatic rings. The number of hydrogen-bond acceptors (Lipinski definition) is 3. The lowest BCUT2D eigenvalue weighted by molar-refractivity contribution is -0.122. The number of rotatable bonds is 3. The fourth-order valence-electron chi connectivity index (χ4n) is 1.78. The van der Waals surface area contributed by atoms with Gasteiger partial charge in [0.15, 0.2) is 0 Å². The number of carbonyl (C=O) groups excluding carboxylic acids is 1. The highest BCUT2D eigenvalue weighted by molar-refractivity contribution is 5.81. The molecule has 0 aliphatic carbocycles. The fraction of sp³-hybridized carbons (Fsp3) is 0.600. The maximum absolute atomic E-state index is 11.6. The number of carbonyl (C=O) groups is 1. The zero-order chi connectivity index (χ0) is 10.7. The molecule has 15 heavy (non-hydrogen) atoms. The van der Waals surface area contributed by atoms with Crippen LogP contribution < -0.4 is 10.6 Å². The molecular formula is C10H16N4O. The van der Waals surface area contributed by atoms with Gasteiger partial charge in [-0.25, -0.2) is 0 Å². The van der Waals surface area contributed by atoms with E-state index in [1.54, 1.807) is 10.9 Å². The number of hydrogen-bond donors (Lipinski definition) is 2. The van der Waals surface area contributed by atoms with Gasteiger partial charge in [0, 0.05) is 13.2 Å². The van der Waals surface area contributed by atoms with E-state index in [9.17, 15) is 4.79 Å². The van der Waals surface area contributed by atoms with Crippen LogP contribution in [0.5, 0.6) is 0 Å². The van der Waals surface area contributed by atoms with Crippen molar-refractivity contribution >= 4 is 5.91 Å². The van der Waals surface area contributed by atoms with Gasteiger partial charge in [-0.1, -0.05) is 0 Å². The lowest BCUT2D eigenvalue weighted by atomic mass is 10.2. The molecule has 1 saturated heterocycles. The average Bonchev–Trinajstić information content (AvgIpc) is 2.85. The first-order valence-corrected chi connectivity index (χ1v) is 5.25. The number of nitrogens with zero attached hydrogens (tertiary/aromatic N) is 2. The van der Waals surface area contributed by atoms with E-state index in [4.69, 9.17) is 0 Å². The SMILES string of the molecule is Cn1nccc1CNC(=O)[C@@H]1CCCN1. The summed E-state index contributed by atoms with van der Waals surface area (Å²) >= 11 is 0. The molecule has 2 heterocycles. The zero-order valence-electron chi connectivity index (χ0n) is 8.86. The van der Waals surface area contributed by atoms with Gasteiger partial charge in [0.2, 0.25) is 5.91 Å². The molecule has 1 aliphatic rings. The summed E-state index contributed by atoms with van der Waals surface area (Å²) in [4.78, 5) is 11.6.